The summed E-state index contributed by atoms with van der Waals surface area (Å²) < 4.78 is 63.2. The monoisotopic (exact) mass is 456 g/mol. The van der Waals surface area contributed by atoms with Gasteiger partial charge in [-0.2, -0.15) is 16.8 Å². The van der Waals surface area contributed by atoms with Gasteiger partial charge in [-0.1, -0.05) is 0 Å². The molecule has 0 aliphatic heterocycles. The topological polar surface area (TPSA) is 212 Å². The van der Waals surface area contributed by atoms with E-state index in [0.29, 0.717) is 36.4 Å². The fourth-order valence-corrected chi connectivity index (χ4v) is 3.20. The number of benzene rings is 2. The van der Waals surface area contributed by atoms with Gasteiger partial charge < -0.3 is 0 Å². The van der Waals surface area contributed by atoms with Crippen molar-refractivity contribution in [3.8, 4) is 0 Å². The molecule has 0 aliphatic rings. The Morgan fingerprint density at radius 2 is 1.03 bits per heavy atom. The Balaban J connectivity index is 0.00000420. The number of non-ortho nitro benzene ring substituents is 2. The van der Waals surface area contributed by atoms with Gasteiger partial charge in [0.2, 0.25) is 0 Å². The first-order valence-corrected chi connectivity index (χ1v) is 9.67. The van der Waals surface area contributed by atoms with Crippen molar-refractivity contribution in [2.24, 2.45) is 0 Å². The molecule has 0 aromatic heterocycles. The summed E-state index contributed by atoms with van der Waals surface area (Å²) in [4.78, 5) is 30.3. The van der Waals surface area contributed by atoms with Crippen molar-refractivity contribution in [1.29, 1.82) is 0 Å². The van der Waals surface area contributed by atoms with Gasteiger partial charge in [0.25, 0.3) is 31.6 Å². The third-order valence-corrected chi connectivity index (χ3v) is 4.99. The maximum absolute atomic E-state index is 12.6. The molecular formula is C13H9N2NaO11S2. The number of carbonyl (C=O) groups excluding carboxylic acids is 1. The van der Waals surface area contributed by atoms with E-state index in [9.17, 15) is 41.9 Å². The molecule has 0 heterocycles. The molecule has 0 saturated heterocycles. The van der Waals surface area contributed by atoms with Crippen LogP contribution in [-0.4, -0.2) is 71.1 Å². The Kier molecular flexibility index (Phi) is 7.36. The summed E-state index contributed by atoms with van der Waals surface area (Å²) in [5.41, 5.74) is -3.13. The Bertz CT molecular complexity index is 1140. The molecule has 0 aliphatic carbocycles. The Morgan fingerprint density at radius 3 is 1.28 bits per heavy atom. The van der Waals surface area contributed by atoms with E-state index in [1.165, 1.54) is 0 Å². The molecule has 0 spiro atoms. The van der Waals surface area contributed by atoms with E-state index in [-0.39, 0.29) is 29.6 Å². The Morgan fingerprint density at radius 1 is 0.724 bits per heavy atom. The summed E-state index contributed by atoms with van der Waals surface area (Å²) in [6, 6.07) is 3.34. The first kappa shape index (κ1) is 24.8. The summed E-state index contributed by atoms with van der Waals surface area (Å²) in [6.07, 6.45) is 0. The Hall–Kier alpha value is -2.27. The van der Waals surface area contributed by atoms with Crippen LogP contribution in [0, 0.1) is 20.2 Å². The zero-order chi connectivity index (χ0) is 21.4. The van der Waals surface area contributed by atoms with Crippen LogP contribution < -0.4 is 0 Å². The zero-order valence-corrected chi connectivity index (χ0v) is 14.9. The van der Waals surface area contributed by atoms with Gasteiger partial charge in [-0.25, -0.2) is 0 Å². The molecule has 0 bridgehead atoms. The standard InChI is InChI=1S/C13H8N2O11S2.Na.H/c16-13(7-1-9(14(17)18)5-11(3-7)27(21,22)23)8-2-10(15(19)20)6-12(4-8)28(24,25)26;;/h1-6H,(H,21,22,23)(H,24,25,26);;. The van der Waals surface area contributed by atoms with E-state index in [0.717, 1.165) is 0 Å². The second kappa shape index (κ2) is 8.62. The van der Waals surface area contributed by atoms with Crippen LogP contribution in [0.1, 0.15) is 15.9 Å². The summed E-state index contributed by atoms with van der Waals surface area (Å²) >= 11 is 0. The van der Waals surface area contributed by atoms with Crippen molar-refractivity contribution < 1.29 is 40.6 Å². The average Bonchev–Trinajstić information content (AvgIpc) is 2.58. The average molecular weight is 456 g/mol. The van der Waals surface area contributed by atoms with Crippen LogP contribution in [0.4, 0.5) is 11.4 Å². The number of nitrogens with zero attached hydrogens (tertiary/aromatic N) is 2. The van der Waals surface area contributed by atoms with E-state index in [1.807, 2.05) is 0 Å². The van der Waals surface area contributed by atoms with E-state index < -0.39 is 68.2 Å². The first-order valence-electron chi connectivity index (χ1n) is 6.79. The fraction of sp³-hybridized carbons (Fsp3) is 0. The molecule has 16 heteroatoms. The van der Waals surface area contributed by atoms with Crippen molar-refractivity contribution in [2.75, 3.05) is 0 Å². The van der Waals surface area contributed by atoms with Crippen molar-refractivity contribution in [3.63, 3.8) is 0 Å². The van der Waals surface area contributed by atoms with Gasteiger partial charge >= 0.3 is 29.6 Å². The second-order valence-electron chi connectivity index (χ2n) is 5.22. The number of ketones is 1. The SMILES string of the molecule is O=C(c1cc([N+](=O)[O-])cc(S(=O)(=O)O)c1)c1cc([N+](=O)[O-])cc(S(=O)(=O)O)c1.[NaH]. The molecule has 150 valence electrons. The number of nitro benzene ring substituents is 2. The zero-order valence-electron chi connectivity index (χ0n) is 13.2. The summed E-state index contributed by atoms with van der Waals surface area (Å²) in [6.45, 7) is 0. The number of rotatable bonds is 6. The van der Waals surface area contributed by atoms with Crippen LogP contribution in [0.25, 0.3) is 0 Å². The van der Waals surface area contributed by atoms with Gasteiger partial charge in [0.15, 0.2) is 5.78 Å². The van der Waals surface area contributed by atoms with Crippen LogP contribution in [0.2, 0.25) is 0 Å². The number of carbonyl (C=O) groups is 1. The van der Waals surface area contributed by atoms with E-state index in [1.54, 1.807) is 0 Å². The van der Waals surface area contributed by atoms with Crippen molar-refractivity contribution in [3.05, 3.63) is 67.8 Å². The molecule has 0 radical (unpaired) electrons. The van der Waals surface area contributed by atoms with Gasteiger partial charge in [-0.3, -0.25) is 34.1 Å². The third-order valence-electron chi connectivity index (χ3n) is 3.32. The van der Waals surface area contributed by atoms with Gasteiger partial charge in [0.05, 0.1) is 9.85 Å². The van der Waals surface area contributed by atoms with Crippen molar-refractivity contribution >= 4 is 67.0 Å². The molecule has 0 saturated carbocycles. The van der Waals surface area contributed by atoms with Crippen LogP contribution in [0.15, 0.2) is 46.2 Å². The van der Waals surface area contributed by atoms with E-state index >= 15 is 0 Å². The molecular weight excluding hydrogens is 447 g/mol. The molecule has 2 N–H and O–H groups in total. The maximum atomic E-state index is 12.6. The Labute approximate surface area is 184 Å². The van der Waals surface area contributed by atoms with Gasteiger partial charge in [-0.15, -0.1) is 0 Å². The van der Waals surface area contributed by atoms with Gasteiger partial charge in [0, 0.05) is 35.4 Å². The molecule has 2 aromatic carbocycles. The summed E-state index contributed by atoms with van der Waals surface area (Å²) in [5, 5.41) is 21.9. The summed E-state index contributed by atoms with van der Waals surface area (Å²) in [7, 11) is -9.90. The van der Waals surface area contributed by atoms with Crippen LogP contribution in [-0.2, 0) is 20.2 Å². The molecule has 2 rings (SSSR count). The van der Waals surface area contributed by atoms with Crippen LogP contribution >= 0.6 is 0 Å². The van der Waals surface area contributed by atoms with Crippen LogP contribution in [0.3, 0.4) is 0 Å². The predicted octanol–water partition coefficient (Wildman–Crippen LogP) is 0.579. The molecule has 29 heavy (non-hydrogen) atoms. The second-order valence-corrected chi connectivity index (χ2v) is 8.07. The quantitative estimate of drug-likeness (QED) is 0.202. The van der Waals surface area contributed by atoms with E-state index in [4.69, 9.17) is 9.11 Å². The van der Waals surface area contributed by atoms with Crippen molar-refractivity contribution in [2.45, 2.75) is 9.79 Å². The van der Waals surface area contributed by atoms with Gasteiger partial charge in [-0.05, 0) is 12.1 Å². The fourth-order valence-electron chi connectivity index (χ4n) is 2.10. The summed E-state index contributed by atoms with van der Waals surface area (Å²) in [5.74, 6) is -1.23. The molecule has 0 fully saturated rings. The van der Waals surface area contributed by atoms with Crippen LogP contribution in [0.5, 0.6) is 0 Å². The predicted molar refractivity (Wildman–Crippen MR) is 96.4 cm³/mol. The minimum atomic E-state index is -4.95. The number of hydrogen-bond donors (Lipinski definition) is 2. The normalized spacial score (nSPS) is 11.4. The number of nitro groups is 2. The van der Waals surface area contributed by atoms with E-state index in [2.05, 4.69) is 0 Å². The number of hydrogen-bond acceptors (Lipinski definition) is 9. The molecule has 2 aromatic rings. The third kappa shape index (κ3) is 5.86. The van der Waals surface area contributed by atoms with Crippen molar-refractivity contribution in [1.82, 2.24) is 0 Å². The van der Waals surface area contributed by atoms with Gasteiger partial charge in [0.1, 0.15) is 9.79 Å². The molecule has 0 unspecified atom stereocenters. The molecule has 0 atom stereocenters. The molecule has 13 nitrogen and oxygen atoms in total. The molecule has 0 amide bonds. The first-order chi connectivity index (χ1) is 12.7. The minimum absolute atomic E-state index is 0.